The quantitative estimate of drug-likeness (QED) is 0.0279. The van der Waals surface area contributed by atoms with Crippen molar-refractivity contribution >= 4 is 218 Å². The Hall–Kier alpha value is -9.36. The van der Waals surface area contributed by atoms with Crippen molar-refractivity contribution in [2.45, 2.75) is 136 Å². The molecule has 0 radical (unpaired) electrons. The fourth-order valence-electron chi connectivity index (χ4n) is 14.9. The first-order chi connectivity index (χ1) is 61.0. The molecule has 0 aliphatic rings. The van der Waals surface area contributed by atoms with Crippen LogP contribution < -0.4 is 33.6 Å². The molecule has 0 saturated heterocycles. The van der Waals surface area contributed by atoms with Crippen LogP contribution in [0.2, 0.25) is 0 Å². The molecule has 0 aliphatic heterocycles. The first-order valence-electron chi connectivity index (χ1n) is 42.7. The van der Waals surface area contributed by atoms with Gasteiger partial charge in [-0.2, -0.15) is 0 Å². The molecule has 17 rings (SSSR count). The smallest absolute Gasteiger partial charge is 0.160 e. The number of aldehydes is 1. The number of rotatable bonds is 39. The average Bonchev–Trinajstić information content (AvgIpc) is 1.77. The van der Waals surface area contributed by atoms with E-state index in [0.29, 0.717) is 0 Å². The minimum absolute atomic E-state index is 0. The normalized spacial score (nSPS) is 11.0. The molecule has 0 aliphatic carbocycles. The number of thiophene rings is 8. The molecule has 0 spiro atoms. The maximum absolute atomic E-state index is 11.2. The molecule has 8 nitrogen and oxygen atoms in total. The van der Waals surface area contributed by atoms with Gasteiger partial charge in [0.25, 0.3) is 0 Å². The molecule has 9 aromatic carbocycles. The Morgan fingerprint density at radius 1 is 0.312 bits per heavy atom. The Kier molecular flexibility index (Phi) is 35.8. The van der Waals surface area contributed by atoms with E-state index in [-0.39, 0.29) is 4.70 Å². The third-order valence-electron chi connectivity index (χ3n) is 21.5. The lowest BCUT2D eigenvalue weighted by molar-refractivity contribution is 0.108. The van der Waals surface area contributed by atoms with Crippen molar-refractivity contribution in [2.24, 2.45) is 0 Å². The molecule has 0 unspecified atom stereocenters. The fourth-order valence-corrected chi connectivity index (χ4v) is 24.2. The number of carbonyl (C=O) groups is 1. The van der Waals surface area contributed by atoms with E-state index < -0.39 is 0 Å². The van der Waals surface area contributed by atoms with Crippen LogP contribution >= 0.6 is 123 Å². The van der Waals surface area contributed by atoms with Crippen LogP contribution in [0.4, 0.5) is 65.0 Å². The van der Waals surface area contributed by atoms with Crippen molar-refractivity contribution in [2.75, 3.05) is 41.6 Å². The van der Waals surface area contributed by atoms with Crippen molar-refractivity contribution in [1.82, 2.24) is 0 Å². The molecule has 125 heavy (non-hydrogen) atoms. The molecule has 8 heterocycles. The summed E-state index contributed by atoms with van der Waals surface area (Å²) in [6.45, 7) is 9.08. The average molecular weight is 1950 g/mol. The number of nitrogens with zero attached hydrogens (tertiary/aromatic N) is 3. The summed E-state index contributed by atoms with van der Waals surface area (Å²) in [5, 5.41) is 6.42. The Bertz CT molecular complexity index is 5820. The highest BCUT2D eigenvalue weighted by Gasteiger charge is 2.21. The van der Waals surface area contributed by atoms with Gasteiger partial charge >= 0.3 is 0 Å². The Balaban J connectivity index is 0.000000163. The van der Waals surface area contributed by atoms with Gasteiger partial charge in [0.1, 0.15) is 23.0 Å². The maximum atomic E-state index is 11.2. The van der Waals surface area contributed by atoms with E-state index in [4.69, 9.17) is 28.1 Å². The lowest BCUT2D eigenvalue weighted by atomic mass is 10.1. The van der Waals surface area contributed by atoms with Gasteiger partial charge in [0, 0.05) is 127 Å². The molecular weight excluding hydrogens is 1840 g/mol. The van der Waals surface area contributed by atoms with Gasteiger partial charge in [-0.1, -0.05) is 197 Å². The molecule has 8 aromatic heterocycles. The van der Waals surface area contributed by atoms with E-state index in [1.54, 1.807) is 52.5 Å². The number of ether oxygens (including phenoxy) is 4. The number of hydrogen-bond acceptors (Lipinski definition) is 16. The van der Waals surface area contributed by atoms with Crippen molar-refractivity contribution < 1.29 is 37.6 Å². The minimum Gasteiger partial charge on any atom is -0.494 e. The highest BCUT2D eigenvalue weighted by Crippen LogP contribution is 2.48. The van der Waals surface area contributed by atoms with E-state index in [1.807, 2.05) is 51.4 Å². The Labute approximate surface area is 781 Å². The van der Waals surface area contributed by atoms with Crippen LogP contribution in [-0.2, 0) is 0 Å². The summed E-state index contributed by atoms with van der Waals surface area (Å²) in [4.78, 5) is 24.0. The standard InChI is InChI=1S/C40H37NO3S4.C38H35NOS4.C26H29Br2NO.F2.FH/c1-3-4-5-6-7-8-21-44-32-19-17-31(18-20-32)41(29-13-9-27(10-14-29)35-23-38-37(47-35)22-33(25-42)46-38)30-15-11-28(12-16-30)36-24-39-40(48-36)34(43-2)26-45-39;1-2-3-4-5-6-7-22-40-32-18-16-31(17-19-32)39(29-12-8-27(9-13-29)35-25-37-33(43-35)20-23-41-37)30-14-10-28(11-15-30)36-26-38-34(44-36)21-24-42-38;1-2-3-4-5-6-7-20-30-26-18-16-25(17-19-26)29(23-12-8-21(27)9-13-23)24-14-10-22(28)11-15-24;1-2;/h9-20,22-26H,3-8,21H2,1-2H3;8-21,23-26H,2-7,22H2,1H3;8-19H,2-7,20H2,1H3;;1H. The topological polar surface area (TPSA) is 63.7 Å². The van der Waals surface area contributed by atoms with Crippen LogP contribution in [0, 0.1) is 0 Å². The monoisotopic (exact) mass is 1940 g/mol. The molecule has 17 aromatic rings. The fraction of sp³-hybridized carbons (Fsp3) is 0.240. The Morgan fingerprint density at radius 3 is 0.904 bits per heavy atom. The van der Waals surface area contributed by atoms with Crippen LogP contribution in [0.3, 0.4) is 0 Å². The van der Waals surface area contributed by atoms with Gasteiger partial charge < -0.3 is 33.6 Å². The van der Waals surface area contributed by atoms with Crippen LogP contribution in [-0.4, -0.2) is 33.2 Å². The second-order valence-electron chi connectivity index (χ2n) is 30.2. The SMILES string of the molecule is CCCCCCCCOc1ccc(N(c2ccc(-c3cc4sc(C=O)cc4s3)cc2)c2ccc(-c3cc4scc(OC)c4s3)cc2)cc1.CCCCCCCCOc1ccc(N(c2ccc(-c3cc4sccc4s3)cc2)c2ccc(-c3cc4sccc4s3)cc2)cc1.CCCCCCCCOc1ccc(N(c2ccc(Br)cc2)c2ccc(Br)cc2)cc1.F.FF. The highest BCUT2D eigenvalue weighted by molar-refractivity contribution is 9.10. The second-order valence-corrected chi connectivity index (χ2v) is 40.3. The highest BCUT2D eigenvalue weighted by atomic mass is 79.9. The van der Waals surface area contributed by atoms with Gasteiger partial charge in [-0.15, -0.1) is 90.7 Å². The lowest BCUT2D eigenvalue weighted by Gasteiger charge is -2.26. The first kappa shape index (κ1) is 93.3. The number of hydrogen-bond donors (Lipinski definition) is 0. The van der Waals surface area contributed by atoms with Gasteiger partial charge in [-0.05, 0) is 265 Å². The van der Waals surface area contributed by atoms with Gasteiger partial charge in [-0.25, -0.2) is 0 Å². The summed E-state index contributed by atoms with van der Waals surface area (Å²) in [6.07, 6.45) is 23.7. The molecule has 646 valence electrons. The number of halogens is 5. The van der Waals surface area contributed by atoms with Crippen molar-refractivity contribution in [3.8, 4) is 64.8 Å². The predicted octanol–water partition coefficient (Wildman–Crippen LogP) is 37.8. The molecule has 0 atom stereocenters. The minimum atomic E-state index is 0. The van der Waals surface area contributed by atoms with Crippen LogP contribution in [0.15, 0.2) is 286 Å². The lowest BCUT2D eigenvalue weighted by Crippen LogP contribution is -2.10. The molecule has 0 saturated carbocycles. The third kappa shape index (κ3) is 25.1. The van der Waals surface area contributed by atoms with Gasteiger partial charge in [0.05, 0.1) is 36.5 Å². The van der Waals surface area contributed by atoms with Gasteiger partial charge in [0.15, 0.2) is 6.29 Å². The van der Waals surface area contributed by atoms with E-state index in [0.717, 1.165) is 143 Å². The number of fused-ring (bicyclic) bond motifs is 4. The largest absolute Gasteiger partial charge is 0.494 e. The second kappa shape index (κ2) is 48.0. The Morgan fingerprint density at radius 2 is 0.592 bits per heavy atom. The molecular formula is C104H102Br2F3N3O5S8. The van der Waals surface area contributed by atoms with Crippen molar-refractivity contribution in [1.29, 1.82) is 0 Å². The summed E-state index contributed by atoms with van der Waals surface area (Å²) >= 11 is 21.2. The number of benzene rings is 9. The zero-order chi connectivity index (χ0) is 85.8. The predicted molar refractivity (Wildman–Crippen MR) is 547 cm³/mol. The number of anilines is 9. The summed E-state index contributed by atoms with van der Waals surface area (Å²) < 4.78 is 52.1. The molecule has 0 amide bonds. The zero-order valence-corrected chi connectivity index (χ0v) is 80.3. The van der Waals surface area contributed by atoms with E-state index in [9.17, 15) is 4.79 Å². The third-order valence-corrected chi connectivity index (χ3v) is 31.3. The van der Waals surface area contributed by atoms with E-state index in [2.05, 4.69) is 338 Å². The van der Waals surface area contributed by atoms with E-state index in [1.165, 1.54) is 166 Å². The maximum Gasteiger partial charge on any atom is 0.160 e. The van der Waals surface area contributed by atoms with Gasteiger partial charge in [0.2, 0.25) is 0 Å². The van der Waals surface area contributed by atoms with Crippen molar-refractivity contribution in [3.05, 3.63) is 291 Å². The number of methoxy groups -OCH3 is 1. The molecule has 0 fully saturated rings. The number of unbranched alkanes of at least 4 members (excludes halogenated alkanes) is 15. The summed E-state index contributed by atoms with van der Waals surface area (Å²) in [6, 6.07) is 93.3. The number of carbonyl (C=O) groups excluding carboxylic acids is 1. The first-order valence-corrected chi connectivity index (χ1v) is 51.0. The van der Waals surface area contributed by atoms with E-state index >= 15 is 0 Å². The van der Waals surface area contributed by atoms with Crippen LogP contribution in [0.25, 0.3) is 79.4 Å². The van der Waals surface area contributed by atoms with Crippen LogP contribution in [0.5, 0.6) is 23.0 Å². The summed E-state index contributed by atoms with van der Waals surface area (Å²) in [5.41, 5.74) is 14.8. The molecule has 0 bridgehead atoms. The zero-order valence-electron chi connectivity index (χ0n) is 70.6. The molecule has 21 heteroatoms. The summed E-state index contributed by atoms with van der Waals surface area (Å²) in [7, 11) is 1.73. The molecule has 0 N–H and O–H groups in total. The van der Waals surface area contributed by atoms with Crippen LogP contribution in [0.1, 0.15) is 146 Å². The summed E-state index contributed by atoms with van der Waals surface area (Å²) in [5.74, 6) is 3.72. The van der Waals surface area contributed by atoms with Crippen molar-refractivity contribution in [3.63, 3.8) is 0 Å². The van der Waals surface area contributed by atoms with Gasteiger partial charge in [-0.3, -0.25) is 9.50 Å².